The van der Waals surface area contributed by atoms with Gasteiger partial charge in [0.25, 0.3) is 5.69 Å². The van der Waals surface area contributed by atoms with Crippen molar-refractivity contribution >= 4 is 17.6 Å². The second-order valence-electron chi connectivity index (χ2n) is 13.2. The van der Waals surface area contributed by atoms with Crippen molar-refractivity contribution in [2.24, 2.45) is 11.8 Å². The van der Waals surface area contributed by atoms with E-state index in [1.807, 2.05) is 11.0 Å². The molecule has 2 aromatic rings. The normalized spacial score (nSPS) is 22.6. The molecule has 9 nitrogen and oxygen atoms in total. The number of aryl methyl sites for hydroxylation is 1. The highest BCUT2D eigenvalue weighted by atomic mass is 16.6. The predicted molar refractivity (Wildman–Crippen MR) is 175 cm³/mol. The van der Waals surface area contributed by atoms with Crippen LogP contribution in [0.1, 0.15) is 68.4 Å². The minimum absolute atomic E-state index is 0.0523. The van der Waals surface area contributed by atoms with E-state index < -0.39 is 16.9 Å². The number of hydrogen-bond acceptors (Lipinski definition) is 6. The van der Waals surface area contributed by atoms with Gasteiger partial charge in [0.15, 0.2) is 0 Å². The molecule has 9 heteroatoms. The molecule has 2 aromatic carbocycles. The summed E-state index contributed by atoms with van der Waals surface area (Å²) in [6.07, 6.45) is 9.96. The smallest absolute Gasteiger partial charge is 0.321 e. The average Bonchev–Trinajstić information content (AvgIpc) is 3.46. The summed E-state index contributed by atoms with van der Waals surface area (Å²) < 4.78 is 0. The van der Waals surface area contributed by atoms with E-state index in [9.17, 15) is 24.8 Å². The summed E-state index contributed by atoms with van der Waals surface area (Å²) in [5, 5.41) is 21.3. The number of likely N-dealkylation sites (tertiary alicyclic amines) is 2. The number of hydrogen-bond donors (Lipinski definition) is 1. The summed E-state index contributed by atoms with van der Waals surface area (Å²) in [5.41, 5.74) is 2.26. The van der Waals surface area contributed by atoms with Gasteiger partial charge >= 0.3 is 5.97 Å². The second-order valence-corrected chi connectivity index (χ2v) is 13.2. The van der Waals surface area contributed by atoms with Crippen LogP contribution in [0, 0.1) is 22.0 Å². The van der Waals surface area contributed by atoms with E-state index in [1.165, 1.54) is 24.1 Å². The van der Waals surface area contributed by atoms with Gasteiger partial charge in [0.2, 0.25) is 5.91 Å². The lowest BCUT2D eigenvalue weighted by Crippen LogP contribution is -2.49. The summed E-state index contributed by atoms with van der Waals surface area (Å²) in [7, 11) is 0. The van der Waals surface area contributed by atoms with Crippen LogP contribution in [0.5, 0.6) is 0 Å². The van der Waals surface area contributed by atoms with Crippen molar-refractivity contribution < 1.29 is 19.6 Å². The number of nitro groups is 1. The van der Waals surface area contributed by atoms with Gasteiger partial charge in [0.1, 0.15) is 6.04 Å². The van der Waals surface area contributed by atoms with E-state index in [0.29, 0.717) is 31.2 Å². The van der Waals surface area contributed by atoms with Gasteiger partial charge in [-0.15, -0.1) is 6.58 Å². The third kappa shape index (κ3) is 8.38. The molecule has 5 rings (SSSR count). The Morgan fingerprint density at radius 1 is 1.00 bits per heavy atom. The number of carboxylic acids is 1. The van der Waals surface area contributed by atoms with Crippen molar-refractivity contribution in [2.75, 3.05) is 39.3 Å². The molecule has 0 bridgehead atoms. The first-order valence-corrected chi connectivity index (χ1v) is 16.7. The fraction of sp³-hybridized carbons (Fsp3) is 0.556. The Bertz CT molecular complexity index is 1290. The molecule has 2 saturated heterocycles. The molecule has 242 valence electrons. The topological polar surface area (TPSA) is 107 Å². The molecule has 3 fully saturated rings. The van der Waals surface area contributed by atoms with Crippen LogP contribution in [0.15, 0.2) is 67.3 Å². The number of nitrogens with zero attached hydrogens (tertiary/aromatic N) is 4. The Kier molecular flexibility index (Phi) is 11.4. The molecule has 0 unspecified atom stereocenters. The van der Waals surface area contributed by atoms with Gasteiger partial charge in [-0.2, -0.15) is 0 Å². The summed E-state index contributed by atoms with van der Waals surface area (Å²) >= 11 is 0. The highest BCUT2D eigenvalue weighted by molar-refractivity contribution is 5.77. The van der Waals surface area contributed by atoms with Crippen molar-refractivity contribution in [2.45, 2.75) is 75.8 Å². The molecule has 1 saturated carbocycles. The zero-order chi connectivity index (χ0) is 31.8. The Morgan fingerprint density at radius 3 is 2.31 bits per heavy atom. The largest absolute Gasteiger partial charge is 0.480 e. The van der Waals surface area contributed by atoms with Crippen LogP contribution in [0.4, 0.5) is 5.69 Å². The van der Waals surface area contributed by atoms with Crippen LogP contribution in [0.25, 0.3) is 0 Å². The molecule has 0 aromatic heterocycles. The van der Waals surface area contributed by atoms with Gasteiger partial charge in [0, 0.05) is 69.8 Å². The number of rotatable bonds is 13. The van der Waals surface area contributed by atoms with E-state index in [1.54, 1.807) is 18.2 Å². The Balaban J connectivity index is 1.19. The molecule has 0 spiro atoms. The Hall–Kier alpha value is -3.56. The molecule has 3 atom stereocenters. The molecule has 1 N–H and O–H groups in total. The molecule has 0 radical (unpaired) electrons. The molecule has 1 aliphatic carbocycles. The number of amides is 1. The van der Waals surface area contributed by atoms with Gasteiger partial charge in [-0.25, -0.2) is 0 Å². The summed E-state index contributed by atoms with van der Waals surface area (Å²) in [4.78, 5) is 43.2. The standard InChI is InChI=1S/C36H48N4O5/c1-2-21-39(34(41)18-15-27-13-16-32(17-14-27)40(44)45)31-19-22-37(23-20-31)24-30-25-38(26-33(30)28-9-5-3-6-10-28)35(36(42)43)29-11-7-4-8-12-29/h2-3,5-6,9-10,13-14,16-17,29-31,33,35H,1,4,7-8,11-12,15,18-26H2,(H,42,43)/t30-,33+,35+/m0/s1. The molecule has 45 heavy (non-hydrogen) atoms. The summed E-state index contributed by atoms with van der Waals surface area (Å²) in [5.74, 6) is 0.297. The van der Waals surface area contributed by atoms with Crippen molar-refractivity contribution in [1.82, 2.24) is 14.7 Å². The van der Waals surface area contributed by atoms with E-state index >= 15 is 0 Å². The lowest BCUT2D eigenvalue weighted by molar-refractivity contribution is -0.384. The van der Waals surface area contributed by atoms with Crippen molar-refractivity contribution in [1.29, 1.82) is 0 Å². The van der Waals surface area contributed by atoms with E-state index in [2.05, 4.69) is 40.6 Å². The lowest BCUT2D eigenvalue weighted by Gasteiger charge is -2.39. The first-order chi connectivity index (χ1) is 21.8. The summed E-state index contributed by atoms with van der Waals surface area (Å²) in [6, 6.07) is 16.8. The fourth-order valence-corrected chi connectivity index (χ4v) is 8.02. The first-order valence-electron chi connectivity index (χ1n) is 16.7. The number of carbonyl (C=O) groups excluding carboxylic acids is 1. The number of aliphatic carboxylic acids is 1. The second kappa shape index (κ2) is 15.6. The minimum atomic E-state index is -0.671. The van der Waals surface area contributed by atoms with E-state index in [4.69, 9.17) is 0 Å². The highest BCUT2D eigenvalue weighted by Crippen LogP contribution is 2.38. The molecule has 2 heterocycles. The average molecular weight is 617 g/mol. The van der Waals surface area contributed by atoms with Crippen molar-refractivity contribution in [3.8, 4) is 0 Å². The summed E-state index contributed by atoms with van der Waals surface area (Å²) in [6.45, 7) is 8.72. The van der Waals surface area contributed by atoms with Crippen LogP contribution < -0.4 is 0 Å². The van der Waals surface area contributed by atoms with Gasteiger partial charge in [-0.1, -0.05) is 67.8 Å². The third-order valence-corrected chi connectivity index (χ3v) is 10.4. The fourth-order valence-electron chi connectivity index (χ4n) is 8.02. The van der Waals surface area contributed by atoms with Crippen LogP contribution in [0.3, 0.4) is 0 Å². The van der Waals surface area contributed by atoms with E-state index in [0.717, 1.165) is 76.8 Å². The molecule has 3 aliphatic rings. The molecule has 1 amide bonds. The predicted octanol–water partition coefficient (Wildman–Crippen LogP) is 5.76. The van der Waals surface area contributed by atoms with Gasteiger partial charge in [-0.3, -0.25) is 24.6 Å². The number of carboxylic acid groups (broad SMARTS) is 1. The zero-order valence-electron chi connectivity index (χ0n) is 26.3. The van der Waals surface area contributed by atoms with Crippen molar-refractivity contribution in [3.63, 3.8) is 0 Å². The zero-order valence-corrected chi connectivity index (χ0v) is 26.3. The molecule has 2 aliphatic heterocycles. The van der Waals surface area contributed by atoms with E-state index in [-0.39, 0.29) is 23.6 Å². The monoisotopic (exact) mass is 616 g/mol. The Labute approximate surface area is 267 Å². The van der Waals surface area contributed by atoms with Crippen molar-refractivity contribution in [3.05, 3.63) is 88.5 Å². The maximum atomic E-state index is 13.3. The quantitative estimate of drug-likeness (QED) is 0.173. The van der Waals surface area contributed by atoms with Crippen LogP contribution in [-0.2, 0) is 16.0 Å². The van der Waals surface area contributed by atoms with Gasteiger partial charge < -0.3 is 14.9 Å². The first kappa shape index (κ1) is 32.8. The number of benzene rings is 2. The number of piperidine rings is 1. The number of non-ortho nitro benzene ring substituents is 1. The molecular weight excluding hydrogens is 568 g/mol. The number of nitro benzene ring substituents is 1. The SMILES string of the molecule is C=CCN(C(=O)CCc1ccc([N+](=O)[O-])cc1)C1CCN(C[C@H]2CN([C@@H](C(=O)O)C3CCCCC3)C[C@@H]2c2ccccc2)CC1. The van der Waals surface area contributed by atoms with Crippen LogP contribution in [0.2, 0.25) is 0 Å². The lowest BCUT2D eigenvalue weighted by atomic mass is 9.83. The van der Waals surface area contributed by atoms with Gasteiger partial charge in [-0.05, 0) is 55.1 Å². The minimum Gasteiger partial charge on any atom is -0.480 e. The highest BCUT2D eigenvalue weighted by Gasteiger charge is 2.43. The number of carbonyl (C=O) groups is 2. The maximum Gasteiger partial charge on any atom is 0.321 e. The van der Waals surface area contributed by atoms with Gasteiger partial charge in [0.05, 0.1) is 4.92 Å². The maximum absolute atomic E-state index is 13.3. The van der Waals surface area contributed by atoms with Crippen LogP contribution in [-0.4, -0.2) is 88.0 Å². The van der Waals surface area contributed by atoms with Crippen LogP contribution >= 0.6 is 0 Å². The molecular formula is C36H48N4O5. The third-order valence-electron chi connectivity index (χ3n) is 10.4. The Morgan fingerprint density at radius 2 is 1.69 bits per heavy atom.